The van der Waals surface area contributed by atoms with Crippen molar-refractivity contribution in [1.29, 1.82) is 5.41 Å². The van der Waals surface area contributed by atoms with Crippen LogP contribution in [0.1, 0.15) is 45.6 Å². The van der Waals surface area contributed by atoms with Crippen molar-refractivity contribution < 1.29 is 37.8 Å². The molecule has 0 spiro atoms. The van der Waals surface area contributed by atoms with Crippen molar-refractivity contribution in [2.75, 3.05) is 18.0 Å². The van der Waals surface area contributed by atoms with Gasteiger partial charge in [0.15, 0.2) is 16.7 Å². The van der Waals surface area contributed by atoms with Crippen molar-refractivity contribution in [1.82, 2.24) is 10.3 Å². The van der Waals surface area contributed by atoms with Gasteiger partial charge in [-0.25, -0.2) is 19.0 Å². The summed E-state index contributed by atoms with van der Waals surface area (Å²) in [6, 6.07) is 20.5. The molecule has 254 valence electrons. The van der Waals surface area contributed by atoms with Gasteiger partial charge in [0, 0.05) is 24.6 Å². The summed E-state index contributed by atoms with van der Waals surface area (Å²) >= 11 is 1.07. The highest BCUT2D eigenvalue weighted by Crippen LogP contribution is 2.29. The molecular weight excluding hydrogens is 653 g/mol. The van der Waals surface area contributed by atoms with E-state index in [1.807, 2.05) is 53.4 Å². The average molecular weight is 688 g/mol. The molecule has 14 heteroatoms. The third-order valence-electron chi connectivity index (χ3n) is 7.71. The summed E-state index contributed by atoms with van der Waals surface area (Å²) in [6.07, 6.45) is 1.78. The van der Waals surface area contributed by atoms with Gasteiger partial charge in [-0.2, -0.15) is 0 Å². The smallest absolute Gasteiger partial charge is 0.355 e. The number of ether oxygens (including phenoxy) is 3. The number of carbonyl (C=O) groups excluding carboxylic acids is 4. The van der Waals surface area contributed by atoms with Crippen molar-refractivity contribution >= 4 is 46.1 Å². The van der Waals surface area contributed by atoms with Gasteiger partial charge in [0.2, 0.25) is 5.91 Å². The molecule has 4 aromatic rings. The van der Waals surface area contributed by atoms with Gasteiger partial charge in [-0.1, -0.05) is 72.0 Å². The molecule has 1 fully saturated rings. The number of amidine groups is 1. The molecule has 12 nitrogen and oxygen atoms in total. The highest BCUT2D eigenvalue weighted by Gasteiger charge is 2.32. The van der Waals surface area contributed by atoms with Crippen LogP contribution in [0.4, 0.5) is 9.52 Å². The largest absolute Gasteiger partial charge is 0.461 e. The third kappa shape index (κ3) is 9.70. The van der Waals surface area contributed by atoms with Crippen LogP contribution in [0, 0.1) is 17.1 Å². The number of piperidine rings is 1. The lowest BCUT2D eigenvalue weighted by Crippen LogP contribution is -2.48. The van der Waals surface area contributed by atoms with E-state index in [-0.39, 0.29) is 35.2 Å². The number of carbonyl (C=O) groups is 4. The normalized spacial score (nSPS) is 13.6. The van der Waals surface area contributed by atoms with E-state index in [9.17, 15) is 23.6 Å². The van der Waals surface area contributed by atoms with E-state index >= 15 is 0 Å². The summed E-state index contributed by atoms with van der Waals surface area (Å²) in [7, 11) is 0. The van der Waals surface area contributed by atoms with Gasteiger partial charge >= 0.3 is 17.9 Å². The number of nitrogens with two attached hydrogens (primary N) is 1. The molecule has 0 bridgehead atoms. The van der Waals surface area contributed by atoms with Gasteiger partial charge < -0.3 is 30.2 Å². The number of hydrogen-bond acceptors (Lipinski definition) is 11. The van der Waals surface area contributed by atoms with Crippen molar-refractivity contribution in [2.24, 2.45) is 11.7 Å². The molecule has 1 amide bonds. The lowest BCUT2D eigenvalue weighted by Gasteiger charge is -2.31. The first-order chi connectivity index (χ1) is 23.7. The molecule has 1 saturated heterocycles. The third-order valence-corrected chi connectivity index (χ3v) is 8.75. The van der Waals surface area contributed by atoms with Crippen LogP contribution in [-0.2, 0) is 37.1 Å². The second kappa shape index (κ2) is 16.5. The molecule has 5 rings (SSSR count). The van der Waals surface area contributed by atoms with E-state index in [2.05, 4.69) is 10.3 Å². The quantitative estimate of drug-likeness (QED) is 0.0793. The molecule has 1 atom stereocenters. The Kier molecular flexibility index (Phi) is 11.7. The zero-order chi connectivity index (χ0) is 34.8. The Balaban J connectivity index is 1.15. The average Bonchev–Trinajstić information content (AvgIpc) is 3.62. The molecule has 0 unspecified atom stereocenters. The van der Waals surface area contributed by atoms with E-state index in [0.717, 1.165) is 28.5 Å². The van der Waals surface area contributed by atoms with Gasteiger partial charge in [0.1, 0.15) is 30.0 Å². The second-order valence-electron chi connectivity index (χ2n) is 11.2. The van der Waals surface area contributed by atoms with Crippen molar-refractivity contribution in [2.45, 2.75) is 38.5 Å². The summed E-state index contributed by atoms with van der Waals surface area (Å²) in [5, 5.41) is 10.6. The van der Waals surface area contributed by atoms with Crippen molar-refractivity contribution in [3.63, 3.8) is 0 Å². The van der Waals surface area contributed by atoms with Crippen LogP contribution in [0.5, 0.6) is 5.75 Å². The number of esters is 3. The summed E-state index contributed by atoms with van der Waals surface area (Å²) in [5.41, 5.74) is 7.08. The van der Waals surface area contributed by atoms with Crippen LogP contribution in [0.15, 0.2) is 85.1 Å². The Bertz CT molecular complexity index is 1800. The number of benzene rings is 3. The minimum atomic E-state index is -1.24. The van der Waals surface area contributed by atoms with Gasteiger partial charge in [-0.05, 0) is 42.2 Å². The Morgan fingerprint density at radius 3 is 2.20 bits per heavy atom. The maximum absolute atomic E-state index is 14.3. The predicted octanol–water partition coefficient (Wildman–Crippen LogP) is 4.36. The van der Waals surface area contributed by atoms with Crippen LogP contribution in [-0.4, -0.2) is 53.8 Å². The van der Waals surface area contributed by atoms with Gasteiger partial charge in [0.05, 0.1) is 12.6 Å². The lowest BCUT2D eigenvalue weighted by molar-refractivity contribution is -0.155. The van der Waals surface area contributed by atoms with Crippen LogP contribution >= 0.6 is 11.3 Å². The molecule has 1 aliphatic heterocycles. The number of nitrogens with zero attached hydrogens (tertiary/aromatic N) is 2. The first kappa shape index (κ1) is 34.7. The fourth-order valence-electron chi connectivity index (χ4n) is 5.02. The van der Waals surface area contributed by atoms with E-state index in [0.29, 0.717) is 31.1 Å². The standard InChI is InChI=1S/C35H34FN5O7S/c36-26-17-25(31(37)38)11-12-28(26)48-34(45)29-19-39-35(49-29)41-15-13-24(14-16-41)32(43)40-27(33(44)47-21-23-9-5-2-6-10-23)18-30(42)46-20-22-7-3-1-4-8-22/h1-12,17,19,24,27H,13-16,18,20-21H2,(H3,37,38)(H,40,43)/t27-/m0/s1. The number of anilines is 1. The summed E-state index contributed by atoms with van der Waals surface area (Å²) in [5.74, 6) is -4.49. The fraction of sp³-hybridized carbons (Fsp3) is 0.257. The SMILES string of the molecule is N=C(N)c1ccc(OC(=O)c2cnc(N3CCC(C(=O)N[C@@H](CC(=O)OCc4ccccc4)C(=O)OCc4ccccc4)CC3)s2)c(F)c1. The number of amides is 1. The van der Waals surface area contributed by atoms with Crippen LogP contribution in [0.2, 0.25) is 0 Å². The summed E-state index contributed by atoms with van der Waals surface area (Å²) < 4.78 is 30.3. The van der Waals surface area contributed by atoms with Crippen molar-refractivity contribution in [3.05, 3.63) is 112 Å². The molecular formula is C35H34FN5O7S. The number of hydrogen-bond donors (Lipinski definition) is 3. The molecule has 0 radical (unpaired) electrons. The van der Waals surface area contributed by atoms with Gasteiger partial charge in [0.25, 0.3) is 0 Å². The summed E-state index contributed by atoms with van der Waals surface area (Å²) in [4.78, 5) is 58.2. The molecule has 2 heterocycles. The van der Waals surface area contributed by atoms with Crippen molar-refractivity contribution in [3.8, 4) is 5.75 Å². The first-order valence-electron chi connectivity index (χ1n) is 15.4. The van der Waals surface area contributed by atoms with E-state index in [1.165, 1.54) is 18.3 Å². The molecule has 49 heavy (non-hydrogen) atoms. The van der Waals surface area contributed by atoms with Gasteiger partial charge in [-0.3, -0.25) is 15.0 Å². The molecule has 0 saturated carbocycles. The second-order valence-corrected chi connectivity index (χ2v) is 12.2. The van der Waals surface area contributed by atoms with E-state index in [4.69, 9.17) is 25.4 Å². The molecule has 1 aromatic heterocycles. The Morgan fingerprint density at radius 2 is 1.59 bits per heavy atom. The number of aromatic nitrogens is 1. The minimum Gasteiger partial charge on any atom is -0.461 e. The topological polar surface area (TPSA) is 174 Å². The number of nitrogen functional groups attached to an aromatic ring is 1. The molecule has 0 aliphatic carbocycles. The zero-order valence-electron chi connectivity index (χ0n) is 26.3. The van der Waals surface area contributed by atoms with E-state index < -0.39 is 48.0 Å². The molecule has 1 aliphatic rings. The number of rotatable bonds is 13. The predicted molar refractivity (Wildman–Crippen MR) is 178 cm³/mol. The van der Waals surface area contributed by atoms with E-state index in [1.54, 1.807) is 12.1 Å². The summed E-state index contributed by atoms with van der Waals surface area (Å²) in [6.45, 7) is 0.875. The highest BCUT2D eigenvalue weighted by molar-refractivity contribution is 7.17. The molecule has 4 N–H and O–H groups in total. The van der Waals surface area contributed by atoms with Crippen LogP contribution in [0.3, 0.4) is 0 Å². The monoisotopic (exact) mass is 687 g/mol. The Labute approximate surface area is 285 Å². The maximum atomic E-state index is 14.3. The fourth-order valence-corrected chi connectivity index (χ4v) is 5.86. The van der Waals surface area contributed by atoms with Gasteiger partial charge in [-0.15, -0.1) is 0 Å². The number of halogens is 1. The van der Waals surface area contributed by atoms with Crippen LogP contribution < -0.4 is 20.7 Å². The zero-order valence-corrected chi connectivity index (χ0v) is 27.1. The molecule has 3 aromatic carbocycles. The van der Waals surface area contributed by atoms with Crippen LogP contribution in [0.25, 0.3) is 0 Å². The minimum absolute atomic E-state index is 0.0199. The number of thiazole rings is 1. The maximum Gasteiger partial charge on any atom is 0.355 e. The lowest BCUT2D eigenvalue weighted by atomic mass is 9.95. The highest BCUT2D eigenvalue weighted by atomic mass is 32.1. The number of nitrogens with one attached hydrogen (secondary N) is 2. The first-order valence-corrected chi connectivity index (χ1v) is 16.3. The Morgan fingerprint density at radius 1 is 0.959 bits per heavy atom. The Hall–Kier alpha value is -5.63.